The molecular formula is C65H44N2O. The third-order valence-electron chi connectivity index (χ3n) is 13.9. The lowest BCUT2D eigenvalue weighted by atomic mass is 9.67. The summed E-state index contributed by atoms with van der Waals surface area (Å²) in [4.78, 5) is 4.71. The molecule has 1 aliphatic heterocycles. The molecular weight excluding hydrogens is 825 g/mol. The van der Waals surface area contributed by atoms with Gasteiger partial charge in [-0.05, 0) is 116 Å². The van der Waals surface area contributed by atoms with Gasteiger partial charge in [0.15, 0.2) is 11.5 Å². The Hall–Kier alpha value is -8.92. The van der Waals surface area contributed by atoms with E-state index in [0.29, 0.717) is 0 Å². The zero-order chi connectivity index (χ0) is 45.0. The maximum absolute atomic E-state index is 7.59. The van der Waals surface area contributed by atoms with Crippen LogP contribution in [0.15, 0.2) is 267 Å². The molecule has 0 saturated carbocycles. The van der Waals surface area contributed by atoms with Gasteiger partial charge >= 0.3 is 0 Å². The monoisotopic (exact) mass is 868 g/mol. The van der Waals surface area contributed by atoms with E-state index in [9.17, 15) is 0 Å². The van der Waals surface area contributed by atoms with E-state index in [1.54, 1.807) is 0 Å². The van der Waals surface area contributed by atoms with Gasteiger partial charge in [-0.15, -0.1) is 0 Å². The first-order chi connectivity index (χ1) is 33.8. The molecule has 0 spiro atoms. The number of para-hydroxylation sites is 3. The second-order valence-corrected chi connectivity index (χ2v) is 17.6. The Balaban J connectivity index is 1.06. The minimum Gasteiger partial charge on any atom is -0.452 e. The van der Waals surface area contributed by atoms with Crippen LogP contribution in [0, 0.1) is 0 Å². The van der Waals surface area contributed by atoms with Crippen molar-refractivity contribution in [3.05, 3.63) is 289 Å². The van der Waals surface area contributed by atoms with Gasteiger partial charge in [0.1, 0.15) is 0 Å². The molecule has 320 valence electrons. The van der Waals surface area contributed by atoms with E-state index in [-0.39, 0.29) is 0 Å². The van der Waals surface area contributed by atoms with Crippen molar-refractivity contribution >= 4 is 44.9 Å². The second kappa shape index (κ2) is 16.2. The number of ether oxygens (including phenoxy) is 1. The van der Waals surface area contributed by atoms with E-state index in [0.717, 1.165) is 73.1 Å². The van der Waals surface area contributed by atoms with Crippen LogP contribution >= 0.6 is 0 Å². The zero-order valence-electron chi connectivity index (χ0n) is 37.2. The molecule has 1 heterocycles. The summed E-state index contributed by atoms with van der Waals surface area (Å²) in [6.45, 7) is 0. The van der Waals surface area contributed by atoms with E-state index in [1.165, 1.54) is 38.9 Å². The molecule has 0 atom stereocenters. The van der Waals surface area contributed by atoms with Gasteiger partial charge in [-0.1, -0.05) is 206 Å². The fourth-order valence-corrected chi connectivity index (χ4v) is 11.0. The van der Waals surface area contributed by atoms with E-state index in [2.05, 4.69) is 277 Å². The molecule has 1 aliphatic carbocycles. The molecule has 0 aromatic heterocycles. The fourth-order valence-electron chi connectivity index (χ4n) is 11.0. The third kappa shape index (κ3) is 6.21. The lowest BCUT2D eigenvalue weighted by Crippen LogP contribution is -2.28. The van der Waals surface area contributed by atoms with Gasteiger partial charge < -0.3 is 14.5 Å². The molecule has 11 aromatic rings. The predicted molar refractivity (Wildman–Crippen MR) is 282 cm³/mol. The quantitative estimate of drug-likeness (QED) is 0.144. The molecule has 0 amide bonds. The number of fused-ring (bicyclic) bond motifs is 5. The number of hydrogen-bond donors (Lipinski definition) is 0. The predicted octanol–water partition coefficient (Wildman–Crippen LogP) is 17.6. The summed E-state index contributed by atoms with van der Waals surface area (Å²) in [5.41, 5.74) is 17.5. The molecule has 2 aliphatic rings. The van der Waals surface area contributed by atoms with Crippen molar-refractivity contribution in [2.75, 3.05) is 9.80 Å². The summed E-state index contributed by atoms with van der Waals surface area (Å²) < 4.78 is 7.59. The fraction of sp³-hybridized carbons (Fsp3) is 0.0154. The number of rotatable bonds is 9. The van der Waals surface area contributed by atoms with Crippen LogP contribution in [0.2, 0.25) is 0 Å². The van der Waals surface area contributed by atoms with Gasteiger partial charge in [0.25, 0.3) is 0 Å². The number of benzene rings is 11. The molecule has 0 radical (unpaired) electrons. The first kappa shape index (κ1) is 39.4. The van der Waals surface area contributed by atoms with Crippen LogP contribution in [0.3, 0.4) is 0 Å². The number of hydrogen-bond acceptors (Lipinski definition) is 3. The molecule has 0 N–H and O–H groups in total. The topological polar surface area (TPSA) is 15.7 Å². The molecule has 0 saturated heterocycles. The molecule has 3 heteroatoms. The average molecular weight is 869 g/mol. The van der Waals surface area contributed by atoms with Crippen molar-refractivity contribution < 1.29 is 4.74 Å². The zero-order valence-corrected chi connectivity index (χ0v) is 37.2. The SMILES string of the molecule is c1ccc(-c2ccc(N(c3ccc4c(c3)C(c3ccccc3)(c3ccccc3)c3ccccc3-4)c3cccc4c3Oc3c(N(c5ccccc5)c5ccccc5)ccc5cccc-4c35)cc2)cc1. The highest BCUT2D eigenvalue weighted by molar-refractivity contribution is 6.09. The van der Waals surface area contributed by atoms with Crippen molar-refractivity contribution in [1.82, 2.24) is 0 Å². The van der Waals surface area contributed by atoms with Crippen LogP contribution in [-0.2, 0) is 5.41 Å². The highest BCUT2D eigenvalue weighted by Crippen LogP contribution is 2.60. The highest BCUT2D eigenvalue weighted by atomic mass is 16.5. The van der Waals surface area contributed by atoms with Gasteiger partial charge in [0.2, 0.25) is 0 Å². The van der Waals surface area contributed by atoms with Gasteiger partial charge in [-0.3, -0.25) is 0 Å². The summed E-state index contributed by atoms with van der Waals surface area (Å²) in [6.07, 6.45) is 0. The van der Waals surface area contributed by atoms with Gasteiger partial charge in [-0.25, -0.2) is 0 Å². The Morgan fingerprint density at radius 3 is 1.46 bits per heavy atom. The molecule has 0 fully saturated rings. The van der Waals surface area contributed by atoms with Crippen molar-refractivity contribution in [3.8, 4) is 44.9 Å². The molecule has 11 aromatic carbocycles. The van der Waals surface area contributed by atoms with Crippen molar-refractivity contribution in [2.24, 2.45) is 0 Å². The van der Waals surface area contributed by atoms with Crippen molar-refractivity contribution in [3.63, 3.8) is 0 Å². The number of anilines is 6. The summed E-state index contributed by atoms with van der Waals surface area (Å²) in [5.74, 6) is 1.62. The Morgan fingerprint density at radius 2 is 0.779 bits per heavy atom. The first-order valence-electron chi connectivity index (χ1n) is 23.3. The molecule has 3 nitrogen and oxygen atoms in total. The second-order valence-electron chi connectivity index (χ2n) is 17.6. The lowest BCUT2D eigenvalue weighted by Gasteiger charge is -2.35. The van der Waals surface area contributed by atoms with Crippen LogP contribution < -0.4 is 14.5 Å². The largest absolute Gasteiger partial charge is 0.452 e. The third-order valence-corrected chi connectivity index (χ3v) is 13.9. The Bertz CT molecular complexity index is 3550. The van der Waals surface area contributed by atoms with Gasteiger partial charge in [0, 0.05) is 33.7 Å². The molecule has 13 rings (SSSR count). The standard InChI is InChI=1S/C65H44N2O/c1-6-20-45(21-7-1)46-36-39-52(40-37-46)67(53-41-42-55-54-31-16-17-34-58(54)65(59(55)44-53,48-23-8-2-9-24-48)49-25-10-3-11-26-49)60-35-19-33-57-56-32-18-22-47-38-43-61(64(62(47)56)68-63(57)60)66(50-27-12-4-13-28-50)51-29-14-5-15-30-51/h1-44H. The van der Waals surface area contributed by atoms with Gasteiger partial charge in [0.05, 0.1) is 16.8 Å². The molecule has 0 bridgehead atoms. The first-order valence-corrected chi connectivity index (χ1v) is 23.3. The highest BCUT2D eigenvalue weighted by Gasteiger charge is 2.46. The maximum atomic E-state index is 7.59. The van der Waals surface area contributed by atoms with Crippen LogP contribution in [0.4, 0.5) is 34.1 Å². The van der Waals surface area contributed by atoms with Crippen molar-refractivity contribution in [2.45, 2.75) is 5.41 Å². The summed E-state index contributed by atoms with van der Waals surface area (Å²) in [7, 11) is 0. The number of nitrogens with zero attached hydrogens (tertiary/aromatic N) is 2. The summed E-state index contributed by atoms with van der Waals surface area (Å²) in [5, 5.41) is 2.22. The Kier molecular flexibility index (Phi) is 9.40. The van der Waals surface area contributed by atoms with Crippen LogP contribution in [0.25, 0.3) is 44.2 Å². The van der Waals surface area contributed by atoms with Crippen LogP contribution in [0.1, 0.15) is 22.3 Å². The van der Waals surface area contributed by atoms with Crippen LogP contribution in [0.5, 0.6) is 11.5 Å². The Morgan fingerprint density at radius 1 is 0.294 bits per heavy atom. The van der Waals surface area contributed by atoms with E-state index in [4.69, 9.17) is 4.74 Å². The minimum atomic E-state index is -0.568. The molecule has 0 unspecified atom stereocenters. The van der Waals surface area contributed by atoms with E-state index >= 15 is 0 Å². The minimum absolute atomic E-state index is 0.568. The molecule has 68 heavy (non-hydrogen) atoms. The van der Waals surface area contributed by atoms with E-state index < -0.39 is 5.41 Å². The van der Waals surface area contributed by atoms with Gasteiger partial charge in [-0.2, -0.15) is 0 Å². The lowest BCUT2D eigenvalue weighted by molar-refractivity contribution is 0.489. The van der Waals surface area contributed by atoms with Crippen LogP contribution in [-0.4, -0.2) is 0 Å². The summed E-state index contributed by atoms with van der Waals surface area (Å²) >= 11 is 0. The average Bonchev–Trinajstić information content (AvgIpc) is 3.71. The summed E-state index contributed by atoms with van der Waals surface area (Å²) in [6, 6.07) is 96.5. The maximum Gasteiger partial charge on any atom is 0.160 e. The normalized spacial score (nSPS) is 12.6. The smallest absolute Gasteiger partial charge is 0.160 e. The Labute approximate surface area is 397 Å². The van der Waals surface area contributed by atoms with Crippen molar-refractivity contribution in [1.29, 1.82) is 0 Å². The van der Waals surface area contributed by atoms with E-state index in [1.807, 2.05) is 0 Å².